The zero-order chi connectivity index (χ0) is 15.5. The highest BCUT2D eigenvalue weighted by Crippen LogP contribution is 2.19. The molecule has 1 aromatic heterocycles. The molecule has 0 atom stereocenters. The van der Waals surface area contributed by atoms with Crippen molar-refractivity contribution < 1.29 is 9.53 Å². The number of piperazine rings is 1. The molecule has 1 amide bonds. The summed E-state index contributed by atoms with van der Waals surface area (Å²) < 4.78 is 5.34. The topological polar surface area (TPSA) is 57.7 Å². The number of hydrogen-bond acceptors (Lipinski definition) is 5. The maximum atomic E-state index is 12.0. The van der Waals surface area contributed by atoms with Crippen molar-refractivity contribution >= 4 is 17.6 Å². The lowest BCUT2D eigenvalue weighted by atomic mass is 10.2. The molecular formula is C15H24N4O2. The highest BCUT2D eigenvalue weighted by Gasteiger charge is 2.21. The van der Waals surface area contributed by atoms with Crippen molar-refractivity contribution in [2.75, 3.05) is 43.0 Å². The molecule has 1 fully saturated rings. The maximum Gasteiger partial charge on any atom is 0.414 e. The van der Waals surface area contributed by atoms with Gasteiger partial charge in [0.2, 0.25) is 0 Å². The summed E-state index contributed by atoms with van der Waals surface area (Å²) in [4.78, 5) is 20.2. The maximum absolute atomic E-state index is 12.0. The lowest BCUT2D eigenvalue weighted by Crippen LogP contribution is -2.43. The summed E-state index contributed by atoms with van der Waals surface area (Å²) in [5.74, 6) is 0.942. The number of nitrogens with zero attached hydrogens (tertiary/aromatic N) is 3. The van der Waals surface area contributed by atoms with E-state index in [0.29, 0.717) is 0 Å². The normalized spacial score (nSPS) is 15.7. The number of nitrogens with one attached hydrogen (secondary N) is 1. The first-order chi connectivity index (χ1) is 9.87. The minimum absolute atomic E-state index is 0.376. The number of ether oxygens (including phenoxy) is 1. The number of aromatic nitrogens is 1. The molecule has 0 unspecified atom stereocenters. The van der Waals surface area contributed by atoms with Crippen LogP contribution in [0.5, 0.6) is 0 Å². The summed E-state index contributed by atoms with van der Waals surface area (Å²) in [5, 5.41) is 3.31. The second kappa shape index (κ2) is 6.30. The smallest absolute Gasteiger partial charge is 0.414 e. The van der Waals surface area contributed by atoms with Gasteiger partial charge in [0.15, 0.2) is 0 Å². The molecule has 0 bridgehead atoms. The van der Waals surface area contributed by atoms with Crippen molar-refractivity contribution in [2.45, 2.75) is 26.4 Å². The van der Waals surface area contributed by atoms with E-state index in [4.69, 9.17) is 4.74 Å². The van der Waals surface area contributed by atoms with E-state index in [1.54, 1.807) is 13.2 Å². The summed E-state index contributed by atoms with van der Waals surface area (Å²) in [7, 11) is 1.69. The Labute approximate surface area is 126 Å². The zero-order valence-corrected chi connectivity index (χ0v) is 13.2. The molecule has 0 spiro atoms. The first kappa shape index (κ1) is 15.6. The van der Waals surface area contributed by atoms with Gasteiger partial charge in [-0.1, -0.05) is 0 Å². The summed E-state index contributed by atoms with van der Waals surface area (Å²) in [6.07, 6.45) is 1.33. The molecule has 0 aromatic carbocycles. The fourth-order valence-electron chi connectivity index (χ4n) is 2.09. The van der Waals surface area contributed by atoms with Gasteiger partial charge in [-0.05, 0) is 32.9 Å². The first-order valence-corrected chi connectivity index (χ1v) is 7.25. The molecule has 6 heteroatoms. The lowest BCUT2D eigenvalue weighted by molar-refractivity contribution is 0.0589. The van der Waals surface area contributed by atoms with Crippen LogP contribution >= 0.6 is 0 Å². The van der Waals surface area contributed by atoms with Crippen molar-refractivity contribution in [1.29, 1.82) is 0 Å². The molecule has 1 aromatic rings. The third kappa shape index (κ3) is 4.32. The van der Waals surface area contributed by atoms with E-state index in [9.17, 15) is 4.79 Å². The molecule has 0 aliphatic carbocycles. The van der Waals surface area contributed by atoms with Crippen molar-refractivity contribution in [1.82, 2.24) is 10.3 Å². The monoisotopic (exact) mass is 292 g/mol. The Morgan fingerprint density at radius 2 is 2.00 bits per heavy atom. The highest BCUT2D eigenvalue weighted by atomic mass is 16.6. The third-order valence-corrected chi connectivity index (χ3v) is 3.23. The van der Waals surface area contributed by atoms with Gasteiger partial charge in [0.05, 0.1) is 11.9 Å². The predicted octanol–water partition coefficient (Wildman–Crippen LogP) is 1.86. The van der Waals surface area contributed by atoms with Crippen LogP contribution in [0.1, 0.15) is 20.8 Å². The van der Waals surface area contributed by atoms with E-state index in [0.717, 1.165) is 37.7 Å². The van der Waals surface area contributed by atoms with Crippen LogP contribution in [0.2, 0.25) is 0 Å². The average Bonchev–Trinajstić information content (AvgIpc) is 2.46. The summed E-state index contributed by atoms with van der Waals surface area (Å²) in [6.45, 7) is 9.41. The minimum Gasteiger partial charge on any atom is -0.443 e. The molecule has 1 N–H and O–H groups in total. The molecule has 21 heavy (non-hydrogen) atoms. The second-order valence-corrected chi connectivity index (χ2v) is 6.15. The minimum atomic E-state index is -0.500. The van der Waals surface area contributed by atoms with Gasteiger partial charge in [0.25, 0.3) is 0 Å². The number of carbonyl (C=O) groups excluding carboxylic acids is 1. The summed E-state index contributed by atoms with van der Waals surface area (Å²) >= 11 is 0. The van der Waals surface area contributed by atoms with Crippen LogP contribution in [0.15, 0.2) is 18.3 Å². The highest BCUT2D eigenvalue weighted by molar-refractivity contribution is 5.87. The molecule has 6 nitrogen and oxygen atoms in total. The number of anilines is 2. The zero-order valence-electron chi connectivity index (χ0n) is 13.2. The average molecular weight is 292 g/mol. The first-order valence-electron chi connectivity index (χ1n) is 7.25. The van der Waals surface area contributed by atoms with E-state index in [-0.39, 0.29) is 6.09 Å². The van der Waals surface area contributed by atoms with Crippen LogP contribution in [0.3, 0.4) is 0 Å². The van der Waals surface area contributed by atoms with Crippen LogP contribution in [-0.2, 0) is 4.74 Å². The SMILES string of the molecule is CN(C(=O)OC(C)(C)C)c1ccc(N2CCNCC2)nc1. The Morgan fingerprint density at radius 3 is 2.52 bits per heavy atom. The Kier molecular flexibility index (Phi) is 4.67. The van der Waals surface area contributed by atoms with Gasteiger partial charge in [-0.3, -0.25) is 4.90 Å². The second-order valence-electron chi connectivity index (χ2n) is 6.15. The van der Waals surface area contributed by atoms with Gasteiger partial charge in [0.1, 0.15) is 11.4 Å². The van der Waals surface area contributed by atoms with Gasteiger partial charge in [0, 0.05) is 33.2 Å². The van der Waals surface area contributed by atoms with Crippen LogP contribution in [0.4, 0.5) is 16.3 Å². The van der Waals surface area contributed by atoms with E-state index in [1.807, 2.05) is 32.9 Å². The number of amides is 1. The van der Waals surface area contributed by atoms with E-state index >= 15 is 0 Å². The number of pyridine rings is 1. The van der Waals surface area contributed by atoms with Gasteiger partial charge in [-0.25, -0.2) is 9.78 Å². The van der Waals surface area contributed by atoms with Gasteiger partial charge in [-0.15, -0.1) is 0 Å². The number of rotatable bonds is 2. The van der Waals surface area contributed by atoms with E-state index < -0.39 is 5.60 Å². The third-order valence-electron chi connectivity index (χ3n) is 3.23. The van der Waals surface area contributed by atoms with Crippen molar-refractivity contribution in [3.63, 3.8) is 0 Å². The molecular weight excluding hydrogens is 268 g/mol. The van der Waals surface area contributed by atoms with Crippen LogP contribution in [0.25, 0.3) is 0 Å². The quantitative estimate of drug-likeness (QED) is 0.901. The van der Waals surface area contributed by atoms with Gasteiger partial charge in [-0.2, -0.15) is 0 Å². The molecule has 0 saturated carbocycles. The van der Waals surface area contributed by atoms with Crippen LogP contribution in [-0.4, -0.2) is 49.9 Å². The molecule has 116 valence electrons. The molecule has 0 radical (unpaired) electrons. The Morgan fingerprint density at radius 1 is 1.33 bits per heavy atom. The molecule has 1 saturated heterocycles. The summed E-state index contributed by atoms with van der Waals surface area (Å²) in [6, 6.07) is 3.84. The standard InChI is InChI=1S/C15H24N4O2/c1-15(2,3)21-14(20)18(4)12-5-6-13(17-11-12)19-9-7-16-8-10-19/h5-6,11,16H,7-10H2,1-4H3. The Bertz CT molecular complexity index is 475. The molecule has 1 aliphatic heterocycles. The lowest BCUT2D eigenvalue weighted by Gasteiger charge is -2.29. The fourth-order valence-corrected chi connectivity index (χ4v) is 2.09. The number of carbonyl (C=O) groups is 1. The predicted molar refractivity (Wildman–Crippen MR) is 84.0 cm³/mol. The molecule has 2 rings (SSSR count). The fraction of sp³-hybridized carbons (Fsp3) is 0.600. The van der Waals surface area contributed by atoms with Gasteiger partial charge >= 0.3 is 6.09 Å². The van der Waals surface area contributed by atoms with Gasteiger partial charge < -0.3 is 15.0 Å². The van der Waals surface area contributed by atoms with Crippen molar-refractivity contribution in [3.8, 4) is 0 Å². The van der Waals surface area contributed by atoms with E-state index in [2.05, 4.69) is 15.2 Å². The Hall–Kier alpha value is -1.82. The van der Waals surface area contributed by atoms with E-state index in [1.165, 1.54) is 4.90 Å². The van der Waals surface area contributed by atoms with Crippen molar-refractivity contribution in [3.05, 3.63) is 18.3 Å². The summed E-state index contributed by atoms with van der Waals surface area (Å²) in [5.41, 5.74) is 0.225. The van der Waals surface area contributed by atoms with Crippen LogP contribution < -0.4 is 15.1 Å². The largest absolute Gasteiger partial charge is 0.443 e. The van der Waals surface area contributed by atoms with Crippen molar-refractivity contribution in [2.24, 2.45) is 0 Å². The molecule has 1 aliphatic rings. The molecule has 2 heterocycles. The van der Waals surface area contributed by atoms with Crippen LogP contribution in [0, 0.1) is 0 Å². The number of hydrogen-bond donors (Lipinski definition) is 1. The Balaban J connectivity index is 2.02.